The first kappa shape index (κ1) is 36.2. The van der Waals surface area contributed by atoms with Gasteiger partial charge < -0.3 is 23.8 Å². The van der Waals surface area contributed by atoms with Gasteiger partial charge >= 0.3 is 18.1 Å². The molecule has 272 valence electrons. The summed E-state index contributed by atoms with van der Waals surface area (Å²) in [6.07, 6.45) is 2.08. The minimum absolute atomic E-state index is 0.0798. The molecule has 0 bridgehead atoms. The average molecular weight is 731 g/mol. The van der Waals surface area contributed by atoms with Crippen LogP contribution in [0.1, 0.15) is 43.1 Å². The number of nitrogens with zero attached hydrogens (tertiary/aromatic N) is 6. The molecule has 0 unspecified atom stereocenters. The lowest BCUT2D eigenvalue weighted by molar-refractivity contribution is -0.387. The van der Waals surface area contributed by atoms with Crippen LogP contribution < -0.4 is 4.90 Å². The summed E-state index contributed by atoms with van der Waals surface area (Å²) >= 11 is 0. The van der Waals surface area contributed by atoms with Gasteiger partial charge in [-0.15, -0.1) is 0 Å². The van der Waals surface area contributed by atoms with E-state index in [1.54, 1.807) is 15.9 Å². The Morgan fingerprint density at radius 1 is 0.923 bits per heavy atom. The predicted octanol–water partition coefficient (Wildman–Crippen LogP) is 5.63. The number of methoxy groups -OCH3 is 1. The number of amides is 1. The predicted molar refractivity (Wildman–Crippen MR) is 191 cm³/mol. The van der Waals surface area contributed by atoms with Crippen molar-refractivity contribution in [2.75, 3.05) is 51.3 Å². The monoisotopic (exact) mass is 730 g/mol. The summed E-state index contributed by atoms with van der Waals surface area (Å²) in [4.78, 5) is 43.6. The smallest absolute Gasteiger partial charge is 0.410 e. The number of hydrogen-bond acceptors (Lipinski definition) is 12. The quantitative estimate of drug-likeness (QED) is 0.124. The molecule has 3 heterocycles. The second-order valence-corrected chi connectivity index (χ2v) is 15.2. The van der Waals surface area contributed by atoms with Crippen LogP contribution >= 0.6 is 0 Å². The standard InChI is InChI=1S/C36H38N6O9S/c1-36(2,3)50-35(44)40-17-15-25(16-18-40)29-23-27(13-14-28(29)33(43)49-4)24-9-11-26(12-10-24)32-37-34(51-38-32)39-19-21-41(22-20-39)52(47,48)31-8-6-5-7-30(31)42(45)46/h5-15,23H,16-22H2,1-4H3. The Labute approximate surface area is 300 Å². The number of esters is 1. The molecule has 0 aliphatic carbocycles. The molecular formula is C36H38N6O9S. The first-order valence-electron chi connectivity index (χ1n) is 16.6. The van der Waals surface area contributed by atoms with Gasteiger partial charge in [-0.25, -0.2) is 18.0 Å². The molecule has 1 aromatic heterocycles. The highest BCUT2D eigenvalue weighted by atomic mass is 32.2. The summed E-state index contributed by atoms with van der Waals surface area (Å²) in [5.74, 6) is -0.108. The lowest BCUT2D eigenvalue weighted by Crippen LogP contribution is -2.48. The number of anilines is 1. The average Bonchev–Trinajstić information content (AvgIpc) is 3.64. The van der Waals surface area contributed by atoms with E-state index in [1.165, 1.54) is 35.7 Å². The Bertz CT molecular complexity index is 2130. The van der Waals surface area contributed by atoms with Crippen molar-refractivity contribution in [3.63, 3.8) is 0 Å². The van der Waals surface area contributed by atoms with Crippen LogP contribution in [0.4, 0.5) is 16.5 Å². The number of benzene rings is 3. The Hall–Kier alpha value is -5.61. The molecule has 1 fully saturated rings. The van der Waals surface area contributed by atoms with Crippen molar-refractivity contribution in [1.29, 1.82) is 0 Å². The van der Waals surface area contributed by atoms with Gasteiger partial charge in [0.25, 0.3) is 5.69 Å². The summed E-state index contributed by atoms with van der Waals surface area (Å²) in [5.41, 5.74) is 3.47. The number of ether oxygens (including phenoxy) is 2. The molecule has 1 amide bonds. The topological polar surface area (TPSA) is 179 Å². The number of carbonyl (C=O) groups excluding carboxylic acids is 2. The molecule has 6 rings (SSSR count). The summed E-state index contributed by atoms with van der Waals surface area (Å²) in [6, 6.07) is 18.6. The molecular weight excluding hydrogens is 692 g/mol. The minimum Gasteiger partial charge on any atom is -0.465 e. The van der Waals surface area contributed by atoms with Gasteiger partial charge in [-0.05, 0) is 67.7 Å². The Morgan fingerprint density at radius 3 is 2.23 bits per heavy atom. The lowest BCUT2D eigenvalue weighted by atomic mass is 9.91. The fraction of sp³-hybridized carbons (Fsp3) is 0.333. The highest BCUT2D eigenvalue weighted by Gasteiger charge is 2.34. The lowest BCUT2D eigenvalue weighted by Gasteiger charge is -2.32. The molecule has 0 saturated carbocycles. The van der Waals surface area contributed by atoms with Crippen LogP contribution in [-0.2, 0) is 19.5 Å². The molecule has 0 atom stereocenters. The van der Waals surface area contributed by atoms with Crippen molar-refractivity contribution in [2.45, 2.75) is 37.7 Å². The summed E-state index contributed by atoms with van der Waals surface area (Å²) < 4.78 is 43.8. The van der Waals surface area contributed by atoms with Crippen molar-refractivity contribution in [2.24, 2.45) is 0 Å². The van der Waals surface area contributed by atoms with E-state index < -0.39 is 32.2 Å². The van der Waals surface area contributed by atoms with E-state index in [9.17, 15) is 28.1 Å². The van der Waals surface area contributed by atoms with E-state index in [2.05, 4.69) is 10.1 Å². The highest BCUT2D eigenvalue weighted by Crippen LogP contribution is 2.33. The second kappa shape index (κ2) is 14.6. The third-order valence-corrected chi connectivity index (χ3v) is 10.7. The van der Waals surface area contributed by atoms with E-state index in [0.717, 1.165) is 22.3 Å². The largest absolute Gasteiger partial charge is 0.465 e. The van der Waals surface area contributed by atoms with Crippen molar-refractivity contribution in [3.05, 3.63) is 94.0 Å². The molecule has 0 spiro atoms. The van der Waals surface area contributed by atoms with Gasteiger partial charge in [-0.2, -0.15) is 9.29 Å². The highest BCUT2D eigenvalue weighted by molar-refractivity contribution is 7.89. The number of aromatic nitrogens is 2. The Morgan fingerprint density at radius 2 is 1.60 bits per heavy atom. The minimum atomic E-state index is -4.08. The zero-order valence-electron chi connectivity index (χ0n) is 29.1. The van der Waals surface area contributed by atoms with Gasteiger partial charge in [0.1, 0.15) is 5.60 Å². The van der Waals surface area contributed by atoms with Crippen LogP contribution in [-0.4, -0.2) is 96.7 Å². The Balaban J connectivity index is 1.15. The first-order chi connectivity index (χ1) is 24.7. The fourth-order valence-corrected chi connectivity index (χ4v) is 7.62. The third-order valence-electron chi connectivity index (χ3n) is 8.71. The third kappa shape index (κ3) is 7.67. The van der Waals surface area contributed by atoms with E-state index >= 15 is 0 Å². The van der Waals surface area contributed by atoms with Gasteiger partial charge in [-0.1, -0.05) is 53.7 Å². The van der Waals surface area contributed by atoms with Crippen molar-refractivity contribution in [3.8, 4) is 22.5 Å². The van der Waals surface area contributed by atoms with Crippen LogP contribution in [0.15, 0.2) is 82.2 Å². The summed E-state index contributed by atoms with van der Waals surface area (Å²) in [5, 5.41) is 15.6. The van der Waals surface area contributed by atoms with Crippen LogP contribution in [0.2, 0.25) is 0 Å². The summed E-state index contributed by atoms with van der Waals surface area (Å²) in [6.45, 7) is 6.93. The molecule has 0 N–H and O–H groups in total. The number of nitro groups is 1. The molecule has 2 aliphatic heterocycles. The van der Waals surface area contributed by atoms with E-state index in [4.69, 9.17) is 14.0 Å². The molecule has 1 saturated heterocycles. The maximum absolute atomic E-state index is 13.2. The number of sulfonamides is 1. The number of hydrogen-bond donors (Lipinski definition) is 0. The SMILES string of the molecule is COC(=O)c1ccc(-c2ccc(-c3noc(N4CCN(S(=O)(=O)c5ccccc5[N+](=O)[O-])CC4)n3)cc2)cc1C1=CCN(C(=O)OC(C)(C)C)CC1. The molecule has 52 heavy (non-hydrogen) atoms. The molecule has 2 aliphatic rings. The van der Waals surface area contributed by atoms with Crippen LogP contribution in [0.25, 0.3) is 28.1 Å². The maximum atomic E-state index is 13.2. The van der Waals surface area contributed by atoms with Crippen molar-refractivity contribution < 1.29 is 36.9 Å². The Kier molecular flexibility index (Phi) is 10.1. The number of para-hydroxylation sites is 1. The fourth-order valence-electron chi connectivity index (χ4n) is 6.04. The molecule has 0 radical (unpaired) electrons. The van der Waals surface area contributed by atoms with Crippen molar-refractivity contribution in [1.82, 2.24) is 19.3 Å². The van der Waals surface area contributed by atoms with Crippen LogP contribution in [0.3, 0.4) is 0 Å². The zero-order chi connectivity index (χ0) is 37.2. The van der Waals surface area contributed by atoms with Gasteiger partial charge in [0.15, 0.2) is 4.90 Å². The van der Waals surface area contributed by atoms with Gasteiger partial charge in [0.2, 0.25) is 15.8 Å². The van der Waals surface area contributed by atoms with E-state index in [0.29, 0.717) is 36.5 Å². The van der Waals surface area contributed by atoms with Gasteiger partial charge in [0, 0.05) is 50.9 Å². The molecule has 16 heteroatoms. The number of rotatable bonds is 8. The van der Waals surface area contributed by atoms with E-state index in [-0.39, 0.29) is 43.2 Å². The van der Waals surface area contributed by atoms with Gasteiger partial charge in [0.05, 0.1) is 17.6 Å². The summed E-state index contributed by atoms with van der Waals surface area (Å²) in [7, 11) is -2.74. The van der Waals surface area contributed by atoms with Gasteiger partial charge in [-0.3, -0.25) is 10.1 Å². The number of carbonyl (C=O) groups is 2. The number of piperazine rings is 1. The second-order valence-electron chi connectivity index (χ2n) is 13.3. The van der Waals surface area contributed by atoms with Crippen molar-refractivity contribution >= 4 is 39.4 Å². The number of nitro benzene ring substituents is 1. The normalized spacial score (nSPS) is 15.6. The first-order valence-corrected chi connectivity index (χ1v) is 18.0. The van der Waals surface area contributed by atoms with Crippen LogP contribution in [0.5, 0.6) is 0 Å². The van der Waals surface area contributed by atoms with Crippen LogP contribution in [0, 0.1) is 10.1 Å². The molecule has 3 aromatic carbocycles. The molecule has 4 aromatic rings. The molecule has 15 nitrogen and oxygen atoms in total. The van der Waals surface area contributed by atoms with E-state index in [1.807, 2.05) is 63.2 Å². The maximum Gasteiger partial charge on any atom is 0.410 e. The zero-order valence-corrected chi connectivity index (χ0v) is 30.0.